The molecule has 0 aliphatic heterocycles. The van der Waals surface area contributed by atoms with E-state index in [4.69, 9.17) is 4.74 Å². The van der Waals surface area contributed by atoms with Crippen molar-refractivity contribution in [3.05, 3.63) is 35.9 Å². The number of rotatable bonds is 3. The van der Waals surface area contributed by atoms with Crippen molar-refractivity contribution >= 4 is 11.8 Å². The lowest BCUT2D eigenvalue weighted by molar-refractivity contribution is -0.152. The largest absolute Gasteiger partial charge is 0.461 e. The minimum absolute atomic E-state index is 0.179. The quantitative estimate of drug-likeness (QED) is 0.752. The summed E-state index contributed by atoms with van der Waals surface area (Å²) < 4.78 is 5.22. The van der Waals surface area contributed by atoms with E-state index in [9.17, 15) is 9.59 Å². The lowest BCUT2D eigenvalue weighted by Gasteiger charge is -2.19. The van der Waals surface area contributed by atoms with Gasteiger partial charge in [0, 0.05) is 12.8 Å². The van der Waals surface area contributed by atoms with Crippen molar-refractivity contribution in [3.63, 3.8) is 0 Å². The van der Waals surface area contributed by atoms with Gasteiger partial charge >= 0.3 is 5.97 Å². The highest BCUT2D eigenvalue weighted by Crippen LogP contribution is 2.22. The summed E-state index contributed by atoms with van der Waals surface area (Å²) in [6.45, 7) is 0.296. The Kier molecular flexibility index (Phi) is 3.91. The van der Waals surface area contributed by atoms with Gasteiger partial charge in [0.2, 0.25) is 0 Å². The molecular formula is C14H16O3. The van der Waals surface area contributed by atoms with Crippen LogP contribution in [0.2, 0.25) is 0 Å². The molecule has 17 heavy (non-hydrogen) atoms. The number of ether oxygens (including phenoxy) is 1. The number of hydrogen-bond acceptors (Lipinski definition) is 3. The van der Waals surface area contributed by atoms with Crippen LogP contribution in [0.25, 0.3) is 0 Å². The van der Waals surface area contributed by atoms with Crippen LogP contribution >= 0.6 is 0 Å². The van der Waals surface area contributed by atoms with E-state index in [1.165, 1.54) is 0 Å². The van der Waals surface area contributed by atoms with Crippen LogP contribution in [-0.2, 0) is 20.9 Å². The zero-order valence-electron chi connectivity index (χ0n) is 9.72. The molecule has 0 saturated heterocycles. The fraction of sp³-hybridized carbons (Fsp3) is 0.429. The number of carbonyl (C=O) groups is 2. The van der Waals surface area contributed by atoms with E-state index in [0.717, 1.165) is 18.4 Å². The molecule has 1 fully saturated rings. The van der Waals surface area contributed by atoms with Gasteiger partial charge in [-0.05, 0) is 18.4 Å². The number of ketones is 1. The van der Waals surface area contributed by atoms with Crippen molar-refractivity contribution in [1.29, 1.82) is 0 Å². The van der Waals surface area contributed by atoms with E-state index in [2.05, 4.69) is 0 Å². The third kappa shape index (κ3) is 3.41. The van der Waals surface area contributed by atoms with Crippen LogP contribution < -0.4 is 0 Å². The molecule has 90 valence electrons. The third-order valence-corrected chi connectivity index (χ3v) is 3.04. The average molecular weight is 232 g/mol. The van der Waals surface area contributed by atoms with E-state index < -0.39 is 0 Å². The van der Waals surface area contributed by atoms with Crippen molar-refractivity contribution in [2.45, 2.75) is 32.3 Å². The van der Waals surface area contributed by atoms with E-state index in [-0.39, 0.29) is 17.7 Å². The lowest BCUT2D eigenvalue weighted by atomic mass is 9.88. The molecule has 3 nitrogen and oxygen atoms in total. The first-order valence-corrected chi connectivity index (χ1v) is 5.98. The van der Waals surface area contributed by atoms with Gasteiger partial charge in [0.05, 0.1) is 5.92 Å². The number of carbonyl (C=O) groups excluding carboxylic acids is 2. The molecule has 1 aromatic carbocycles. The molecular weight excluding hydrogens is 216 g/mol. The molecule has 1 atom stereocenters. The van der Waals surface area contributed by atoms with Gasteiger partial charge in [-0.25, -0.2) is 0 Å². The molecule has 0 unspecified atom stereocenters. The fourth-order valence-corrected chi connectivity index (χ4v) is 2.07. The Morgan fingerprint density at radius 1 is 1.29 bits per heavy atom. The Bertz CT molecular complexity index is 397. The van der Waals surface area contributed by atoms with Crippen molar-refractivity contribution < 1.29 is 14.3 Å². The minimum Gasteiger partial charge on any atom is -0.461 e. The Labute approximate surface area is 101 Å². The summed E-state index contributed by atoms with van der Waals surface area (Å²) in [6.07, 6.45) is 2.55. The van der Waals surface area contributed by atoms with Crippen molar-refractivity contribution in [2.75, 3.05) is 0 Å². The minimum atomic E-state index is -0.234. The fourth-order valence-electron chi connectivity index (χ4n) is 2.07. The molecule has 2 rings (SSSR count). The normalized spacial score (nSPS) is 20.0. The monoisotopic (exact) mass is 232 g/mol. The van der Waals surface area contributed by atoms with Gasteiger partial charge in [-0.2, -0.15) is 0 Å². The zero-order chi connectivity index (χ0) is 12.1. The predicted octanol–water partition coefficient (Wildman–Crippen LogP) is 2.49. The predicted molar refractivity (Wildman–Crippen MR) is 63.2 cm³/mol. The summed E-state index contributed by atoms with van der Waals surface area (Å²) in [5, 5.41) is 0. The van der Waals surface area contributed by atoms with Gasteiger partial charge in [-0.15, -0.1) is 0 Å². The number of esters is 1. The van der Waals surface area contributed by atoms with Gasteiger partial charge in [-0.1, -0.05) is 30.3 Å². The molecule has 1 aliphatic rings. The second-order valence-electron chi connectivity index (χ2n) is 4.43. The molecule has 0 aromatic heterocycles. The van der Waals surface area contributed by atoms with Gasteiger partial charge < -0.3 is 4.74 Å². The molecule has 1 aliphatic carbocycles. The van der Waals surface area contributed by atoms with Gasteiger partial charge in [0.25, 0.3) is 0 Å². The molecule has 1 saturated carbocycles. The summed E-state index contributed by atoms with van der Waals surface area (Å²) >= 11 is 0. The maximum Gasteiger partial charge on any atom is 0.309 e. The highest BCUT2D eigenvalue weighted by atomic mass is 16.5. The molecule has 3 heteroatoms. The Morgan fingerprint density at radius 2 is 2.06 bits per heavy atom. The maximum atomic E-state index is 11.7. The first-order chi connectivity index (χ1) is 8.25. The van der Waals surface area contributed by atoms with Crippen molar-refractivity contribution in [3.8, 4) is 0 Å². The first-order valence-electron chi connectivity index (χ1n) is 5.98. The third-order valence-electron chi connectivity index (χ3n) is 3.04. The Hall–Kier alpha value is -1.64. The topological polar surface area (TPSA) is 43.4 Å². The SMILES string of the molecule is O=C1CCC[C@@H](C(=O)OCc2ccccc2)C1. The molecule has 1 aromatic rings. The van der Waals surface area contributed by atoms with Crippen LogP contribution in [0.1, 0.15) is 31.2 Å². The molecule has 0 spiro atoms. The first kappa shape index (κ1) is 11.8. The number of benzene rings is 1. The van der Waals surface area contributed by atoms with E-state index in [1.54, 1.807) is 0 Å². The van der Waals surface area contributed by atoms with E-state index >= 15 is 0 Å². The summed E-state index contributed by atoms with van der Waals surface area (Å²) in [7, 11) is 0. The summed E-state index contributed by atoms with van der Waals surface area (Å²) in [6, 6.07) is 9.57. The summed E-state index contributed by atoms with van der Waals surface area (Å²) in [5.41, 5.74) is 0.975. The van der Waals surface area contributed by atoms with Crippen LogP contribution in [0.3, 0.4) is 0 Å². The van der Waals surface area contributed by atoms with Crippen molar-refractivity contribution in [1.82, 2.24) is 0 Å². The second-order valence-corrected chi connectivity index (χ2v) is 4.43. The highest BCUT2D eigenvalue weighted by molar-refractivity contribution is 5.85. The van der Waals surface area contributed by atoms with Crippen molar-refractivity contribution in [2.24, 2.45) is 5.92 Å². The Morgan fingerprint density at radius 3 is 2.76 bits per heavy atom. The average Bonchev–Trinajstić information content (AvgIpc) is 2.37. The smallest absolute Gasteiger partial charge is 0.309 e. The highest BCUT2D eigenvalue weighted by Gasteiger charge is 2.26. The number of Topliss-reactive ketones (excluding diaryl/α,β-unsaturated/α-hetero) is 1. The van der Waals surface area contributed by atoms with Crippen LogP contribution in [0.15, 0.2) is 30.3 Å². The van der Waals surface area contributed by atoms with Gasteiger partial charge in [0.1, 0.15) is 12.4 Å². The van der Waals surface area contributed by atoms with Crippen LogP contribution in [0.5, 0.6) is 0 Å². The maximum absolute atomic E-state index is 11.7. The van der Waals surface area contributed by atoms with Gasteiger partial charge in [-0.3, -0.25) is 9.59 Å². The molecule has 0 N–H and O–H groups in total. The Balaban J connectivity index is 1.83. The molecule has 0 bridgehead atoms. The zero-order valence-corrected chi connectivity index (χ0v) is 9.72. The van der Waals surface area contributed by atoms with E-state index in [1.807, 2.05) is 30.3 Å². The van der Waals surface area contributed by atoms with Crippen LogP contribution in [0, 0.1) is 5.92 Å². The van der Waals surface area contributed by atoms with Gasteiger partial charge in [0.15, 0.2) is 0 Å². The molecule has 0 amide bonds. The molecule has 0 radical (unpaired) electrons. The number of hydrogen-bond donors (Lipinski definition) is 0. The van der Waals surface area contributed by atoms with E-state index in [0.29, 0.717) is 19.4 Å². The summed E-state index contributed by atoms with van der Waals surface area (Å²) in [5.74, 6) is -0.278. The van der Waals surface area contributed by atoms with Crippen LogP contribution in [0.4, 0.5) is 0 Å². The standard InChI is InChI=1S/C14H16O3/c15-13-8-4-7-12(9-13)14(16)17-10-11-5-2-1-3-6-11/h1-3,5-6,12H,4,7-10H2/t12-/m1/s1. The second kappa shape index (κ2) is 5.62. The summed E-state index contributed by atoms with van der Waals surface area (Å²) in [4.78, 5) is 23.0. The lowest BCUT2D eigenvalue weighted by Crippen LogP contribution is -2.24. The molecule has 0 heterocycles. The van der Waals surface area contributed by atoms with Crippen LogP contribution in [-0.4, -0.2) is 11.8 Å².